The molecule has 0 aliphatic rings. The van der Waals surface area contributed by atoms with Crippen LogP contribution in [0.2, 0.25) is 5.15 Å². The maximum Gasteiger partial charge on any atom is 0.135 e. The van der Waals surface area contributed by atoms with Gasteiger partial charge in [-0.15, -0.1) is 0 Å². The van der Waals surface area contributed by atoms with Crippen LogP contribution in [-0.2, 0) is 5.41 Å². The Kier molecular flexibility index (Phi) is 3.76. The fourth-order valence-corrected chi connectivity index (χ4v) is 2.02. The van der Waals surface area contributed by atoms with Crippen molar-refractivity contribution in [1.82, 2.24) is 9.97 Å². The van der Waals surface area contributed by atoms with Crippen molar-refractivity contribution in [3.63, 3.8) is 0 Å². The van der Waals surface area contributed by atoms with Gasteiger partial charge in [0, 0.05) is 11.8 Å². The van der Waals surface area contributed by atoms with E-state index in [2.05, 4.69) is 48.2 Å². The van der Waals surface area contributed by atoms with Crippen molar-refractivity contribution in [1.29, 1.82) is 0 Å². The van der Waals surface area contributed by atoms with E-state index in [1.165, 1.54) is 5.56 Å². The van der Waals surface area contributed by atoms with Crippen LogP contribution in [0, 0.1) is 6.92 Å². The maximum absolute atomic E-state index is 5.91. The van der Waals surface area contributed by atoms with Crippen LogP contribution in [0.4, 0.5) is 11.5 Å². The first-order chi connectivity index (χ1) is 8.84. The zero-order chi connectivity index (χ0) is 14.0. The van der Waals surface area contributed by atoms with Gasteiger partial charge in [-0.3, -0.25) is 0 Å². The lowest BCUT2D eigenvalue weighted by molar-refractivity contribution is 0.590. The van der Waals surface area contributed by atoms with Gasteiger partial charge >= 0.3 is 0 Å². The molecule has 0 atom stereocenters. The Labute approximate surface area is 119 Å². The number of halogens is 1. The monoisotopic (exact) mass is 275 g/mol. The third-order valence-corrected chi connectivity index (χ3v) is 3.02. The molecule has 3 nitrogen and oxygen atoms in total. The molecule has 0 unspecified atom stereocenters. The zero-order valence-corrected chi connectivity index (χ0v) is 12.4. The minimum Gasteiger partial charge on any atom is -0.340 e. The molecule has 0 aliphatic carbocycles. The molecule has 0 saturated carbocycles. The van der Waals surface area contributed by atoms with Crippen LogP contribution in [0.15, 0.2) is 30.3 Å². The highest BCUT2D eigenvalue weighted by molar-refractivity contribution is 6.29. The molecule has 1 aromatic heterocycles. The molecule has 0 radical (unpaired) electrons. The molecule has 19 heavy (non-hydrogen) atoms. The zero-order valence-electron chi connectivity index (χ0n) is 11.7. The highest BCUT2D eigenvalue weighted by atomic mass is 35.5. The molecule has 0 bridgehead atoms. The van der Waals surface area contributed by atoms with Crippen LogP contribution in [-0.4, -0.2) is 9.97 Å². The Balaban J connectivity index is 2.20. The Morgan fingerprint density at radius 2 is 1.68 bits per heavy atom. The van der Waals surface area contributed by atoms with E-state index in [0.717, 1.165) is 5.69 Å². The SMILES string of the molecule is Cc1nc(Cl)cc(Nc2ccc(C(C)(C)C)cc2)n1. The Hall–Kier alpha value is -1.61. The fourth-order valence-electron chi connectivity index (χ4n) is 1.80. The largest absolute Gasteiger partial charge is 0.340 e. The van der Waals surface area contributed by atoms with Gasteiger partial charge in [0.1, 0.15) is 16.8 Å². The number of aryl methyl sites for hydroxylation is 1. The Bertz CT molecular complexity index is 551. The van der Waals surface area contributed by atoms with Crippen LogP contribution < -0.4 is 5.32 Å². The second kappa shape index (κ2) is 5.17. The van der Waals surface area contributed by atoms with Gasteiger partial charge in [-0.25, -0.2) is 9.97 Å². The molecule has 0 amide bonds. The van der Waals surface area contributed by atoms with Crippen LogP contribution in [0.25, 0.3) is 0 Å². The van der Waals surface area contributed by atoms with Gasteiger partial charge in [0.15, 0.2) is 0 Å². The number of rotatable bonds is 2. The van der Waals surface area contributed by atoms with Crippen LogP contribution in [0.5, 0.6) is 0 Å². The second-order valence-corrected chi connectivity index (χ2v) is 5.96. The van der Waals surface area contributed by atoms with Crippen LogP contribution >= 0.6 is 11.6 Å². The average Bonchev–Trinajstić information content (AvgIpc) is 2.26. The molecular formula is C15H18ClN3. The lowest BCUT2D eigenvalue weighted by atomic mass is 9.87. The molecule has 4 heteroatoms. The number of hydrogen-bond donors (Lipinski definition) is 1. The topological polar surface area (TPSA) is 37.8 Å². The third-order valence-electron chi connectivity index (χ3n) is 2.83. The van der Waals surface area contributed by atoms with E-state index in [0.29, 0.717) is 16.8 Å². The number of nitrogens with one attached hydrogen (secondary N) is 1. The Morgan fingerprint density at radius 3 is 2.21 bits per heavy atom. The molecule has 2 rings (SSSR count). The summed E-state index contributed by atoms with van der Waals surface area (Å²) in [5, 5.41) is 3.67. The van der Waals surface area contributed by atoms with E-state index < -0.39 is 0 Å². The van der Waals surface area contributed by atoms with Crippen LogP contribution in [0.1, 0.15) is 32.2 Å². The summed E-state index contributed by atoms with van der Waals surface area (Å²) in [6.45, 7) is 8.41. The summed E-state index contributed by atoms with van der Waals surface area (Å²) in [5.74, 6) is 1.36. The van der Waals surface area contributed by atoms with Crippen molar-refractivity contribution < 1.29 is 0 Å². The highest BCUT2D eigenvalue weighted by Gasteiger charge is 2.12. The number of hydrogen-bond acceptors (Lipinski definition) is 3. The number of aromatic nitrogens is 2. The third kappa shape index (κ3) is 3.67. The summed E-state index contributed by atoms with van der Waals surface area (Å²) in [5.41, 5.74) is 2.45. The standard InChI is InChI=1S/C15H18ClN3/c1-10-17-13(16)9-14(18-10)19-12-7-5-11(6-8-12)15(2,3)4/h5-9H,1-4H3,(H,17,18,19). The van der Waals surface area contributed by atoms with E-state index in [9.17, 15) is 0 Å². The van der Waals surface area contributed by atoms with Gasteiger partial charge in [-0.2, -0.15) is 0 Å². The summed E-state index contributed by atoms with van der Waals surface area (Å²) >= 11 is 5.91. The smallest absolute Gasteiger partial charge is 0.135 e. The number of benzene rings is 1. The van der Waals surface area contributed by atoms with E-state index in [-0.39, 0.29) is 5.41 Å². The first-order valence-electron chi connectivity index (χ1n) is 6.23. The minimum absolute atomic E-state index is 0.160. The molecule has 0 spiro atoms. The second-order valence-electron chi connectivity index (χ2n) is 5.58. The predicted molar refractivity (Wildman–Crippen MR) is 80.2 cm³/mol. The van der Waals surface area contributed by atoms with Crippen molar-refractivity contribution in [3.8, 4) is 0 Å². The van der Waals surface area contributed by atoms with E-state index in [1.54, 1.807) is 6.07 Å². The van der Waals surface area contributed by atoms with E-state index in [1.807, 2.05) is 19.1 Å². The number of anilines is 2. The fraction of sp³-hybridized carbons (Fsp3) is 0.333. The van der Waals surface area contributed by atoms with E-state index >= 15 is 0 Å². The molecule has 2 aromatic rings. The number of nitrogens with zero attached hydrogens (tertiary/aromatic N) is 2. The first-order valence-corrected chi connectivity index (χ1v) is 6.61. The van der Waals surface area contributed by atoms with Gasteiger partial charge in [-0.1, -0.05) is 44.5 Å². The van der Waals surface area contributed by atoms with Crippen molar-refractivity contribution in [2.45, 2.75) is 33.1 Å². The molecular weight excluding hydrogens is 258 g/mol. The Morgan fingerprint density at radius 1 is 1.05 bits per heavy atom. The van der Waals surface area contributed by atoms with Gasteiger partial charge in [-0.05, 0) is 30.0 Å². The molecule has 1 heterocycles. The molecule has 0 fully saturated rings. The summed E-state index contributed by atoms with van der Waals surface area (Å²) < 4.78 is 0. The first kappa shape index (κ1) is 13.8. The maximum atomic E-state index is 5.91. The van der Waals surface area contributed by atoms with Crippen molar-refractivity contribution in [2.24, 2.45) is 0 Å². The molecule has 1 aromatic carbocycles. The van der Waals surface area contributed by atoms with Gasteiger partial charge in [0.25, 0.3) is 0 Å². The average molecular weight is 276 g/mol. The molecule has 100 valence electrons. The molecule has 0 aliphatic heterocycles. The summed E-state index contributed by atoms with van der Waals surface area (Å²) in [4.78, 5) is 8.33. The lowest BCUT2D eigenvalue weighted by Gasteiger charge is -2.19. The van der Waals surface area contributed by atoms with Crippen molar-refractivity contribution in [3.05, 3.63) is 46.9 Å². The lowest BCUT2D eigenvalue weighted by Crippen LogP contribution is -2.10. The van der Waals surface area contributed by atoms with Gasteiger partial charge in [0.2, 0.25) is 0 Å². The predicted octanol–water partition coefficient (Wildman–Crippen LogP) is 4.48. The quantitative estimate of drug-likeness (QED) is 0.821. The van der Waals surface area contributed by atoms with Gasteiger partial charge < -0.3 is 5.32 Å². The normalized spacial score (nSPS) is 11.4. The molecule has 0 saturated heterocycles. The van der Waals surface area contributed by atoms with Crippen molar-refractivity contribution >= 4 is 23.1 Å². The summed E-state index contributed by atoms with van der Waals surface area (Å²) in [7, 11) is 0. The summed E-state index contributed by atoms with van der Waals surface area (Å²) in [6, 6.07) is 10.1. The summed E-state index contributed by atoms with van der Waals surface area (Å²) in [6.07, 6.45) is 0. The van der Waals surface area contributed by atoms with Crippen molar-refractivity contribution in [2.75, 3.05) is 5.32 Å². The highest BCUT2D eigenvalue weighted by Crippen LogP contribution is 2.24. The van der Waals surface area contributed by atoms with Crippen LogP contribution in [0.3, 0.4) is 0 Å². The van der Waals surface area contributed by atoms with E-state index in [4.69, 9.17) is 11.6 Å². The minimum atomic E-state index is 0.160. The molecule has 1 N–H and O–H groups in total. The van der Waals surface area contributed by atoms with Gasteiger partial charge in [0.05, 0.1) is 0 Å².